The molecule has 0 aromatic heterocycles. The molecule has 0 saturated carbocycles. The number of carbonyl (C=O) groups excluding carboxylic acids is 5. The Morgan fingerprint density at radius 1 is 1.19 bits per heavy atom. The Balaban J connectivity index is 1.80. The first kappa shape index (κ1) is 22.5. The zero-order valence-electron chi connectivity index (χ0n) is 17.6. The van der Waals surface area contributed by atoms with Crippen LogP contribution >= 0.6 is 0 Å². The second kappa shape index (κ2) is 10.2. The van der Waals surface area contributed by atoms with Crippen molar-refractivity contribution in [2.45, 2.75) is 63.6 Å². The highest BCUT2D eigenvalue weighted by Crippen LogP contribution is 2.25. The molecular formula is C22H28N4O5. The van der Waals surface area contributed by atoms with Crippen molar-refractivity contribution in [1.29, 1.82) is 0 Å². The predicted octanol–water partition coefficient (Wildman–Crippen LogP) is 0.797. The van der Waals surface area contributed by atoms with Gasteiger partial charge in [-0.1, -0.05) is 31.5 Å². The SMILES string of the molecule is CCC[C@@H](C=O)NC(=O)[C@@H]1CCCN2C(=O)CC[C@H](NC(=O)c3ccccc3)C(=O)N12. The first-order chi connectivity index (χ1) is 15.0. The van der Waals surface area contributed by atoms with Crippen LogP contribution in [0.1, 0.15) is 55.8 Å². The summed E-state index contributed by atoms with van der Waals surface area (Å²) in [4.78, 5) is 62.8. The quantitative estimate of drug-likeness (QED) is 0.623. The van der Waals surface area contributed by atoms with Gasteiger partial charge in [0.15, 0.2) is 0 Å². The van der Waals surface area contributed by atoms with Crippen molar-refractivity contribution < 1.29 is 24.0 Å². The highest BCUT2D eigenvalue weighted by atomic mass is 16.2. The predicted molar refractivity (Wildman–Crippen MR) is 111 cm³/mol. The van der Waals surface area contributed by atoms with Crippen molar-refractivity contribution in [2.75, 3.05) is 6.54 Å². The van der Waals surface area contributed by atoms with Gasteiger partial charge in [-0.25, -0.2) is 5.01 Å². The topological polar surface area (TPSA) is 116 Å². The normalized spacial score (nSPS) is 22.2. The molecule has 9 nitrogen and oxygen atoms in total. The van der Waals surface area contributed by atoms with Gasteiger partial charge in [0.2, 0.25) is 11.8 Å². The molecule has 0 unspecified atom stereocenters. The molecule has 0 radical (unpaired) electrons. The first-order valence-corrected chi connectivity index (χ1v) is 10.7. The second-order valence-electron chi connectivity index (χ2n) is 7.83. The Kier molecular flexibility index (Phi) is 7.38. The summed E-state index contributed by atoms with van der Waals surface area (Å²) in [5.74, 6) is -1.64. The smallest absolute Gasteiger partial charge is 0.264 e. The van der Waals surface area contributed by atoms with E-state index in [-0.39, 0.29) is 18.7 Å². The molecule has 166 valence electrons. The minimum Gasteiger partial charge on any atom is -0.345 e. The van der Waals surface area contributed by atoms with Crippen molar-refractivity contribution >= 4 is 29.9 Å². The van der Waals surface area contributed by atoms with Crippen molar-refractivity contribution in [3.8, 4) is 0 Å². The number of fused-ring (bicyclic) bond motifs is 1. The van der Waals surface area contributed by atoms with Gasteiger partial charge in [0.1, 0.15) is 18.4 Å². The summed E-state index contributed by atoms with van der Waals surface area (Å²) in [6.07, 6.45) is 3.07. The number of amides is 4. The van der Waals surface area contributed by atoms with Crippen LogP contribution in [0.3, 0.4) is 0 Å². The minimum absolute atomic E-state index is 0.0864. The van der Waals surface area contributed by atoms with Crippen molar-refractivity contribution in [3.05, 3.63) is 35.9 Å². The fourth-order valence-corrected chi connectivity index (χ4v) is 4.00. The van der Waals surface area contributed by atoms with Gasteiger partial charge < -0.3 is 15.4 Å². The molecule has 2 saturated heterocycles. The van der Waals surface area contributed by atoms with E-state index in [4.69, 9.17) is 0 Å². The number of hydrogen-bond acceptors (Lipinski definition) is 5. The Morgan fingerprint density at radius 3 is 2.61 bits per heavy atom. The Bertz CT molecular complexity index is 844. The summed E-state index contributed by atoms with van der Waals surface area (Å²) >= 11 is 0. The lowest BCUT2D eigenvalue weighted by Crippen LogP contribution is -2.64. The van der Waals surface area contributed by atoms with Gasteiger partial charge in [-0.3, -0.25) is 24.2 Å². The average Bonchev–Trinajstić information content (AvgIpc) is 2.91. The maximum atomic E-state index is 13.4. The number of aldehydes is 1. The molecule has 1 aromatic rings. The molecule has 3 rings (SSSR count). The van der Waals surface area contributed by atoms with E-state index in [1.807, 2.05) is 6.92 Å². The molecular weight excluding hydrogens is 400 g/mol. The van der Waals surface area contributed by atoms with E-state index in [9.17, 15) is 24.0 Å². The minimum atomic E-state index is -0.924. The van der Waals surface area contributed by atoms with E-state index in [1.165, 1.54) is 10.0 Å². The number of nitrogens with one attached hydrogen (secondary N) is 2. The van der Waals surface area contributed by atoms with Gasteiger partial charge in [0.25, 0.3) is 11.8 Å². The van der Waals surface area contributed by atoms with E-state index in [0.29, 0.717) is 37.7 Å². The number of nitrogens with zero attached hydrogens (tertiary/aromatic N) is 2. The average molecular weight is 428 g/mol. The third kappa shape index (κ3) is 5.10. The van der Waals surface area contributed by atoms with Crippen molar-refractivity contribution in [3.63, 3.8) is 0 Å². The third-order valence-corrected chi connectivity index (χ3v) is 5.60. The molecule has 2 aliphatic heterocycles. The lowest BCUT2D eigenvalue weighted by atomic mass is 10.0. The summed E-state index contributed by atoms with van der Waals surface area (Å²) in [7, 11) is 0. The maximum Gasteiger partial charge on any atom is 0.264 e. The summed E-state index contributed by atoms with van der Waals surface area (Å²) in [6, 6.07) is 6.04. The Morgan fingerprint density at radius 2 is 1.94 bits per heavy atom. The summed E-state index contributed by atoms with van der Waals surface area (Å²) < 4.78 is 0. The van der Waals surface area contributed by atoms with Crippen LogP contribution in [0.2, 0.25) is 0 Å². The van der Waals surface area contributed by atoms with Gasteiger partial charge in [-0.05, 0) is 37.8 Å². The fourth-order valence-electron chi connectivity index (χ4n) is 4.00. The fraction of sp³-hybridized carbons (Fsp3) is 0.500. The van der Waals surface area contributed by atoms with Crippen molar-refractivity contribution in [1.82, 2.24) is 20.7 Å². The number of hydrazine groups is 1. The van der Waals surface area contributed by atoms with Crippen LogP contribution in [0.15, 0.2) is 30.3 Å². The van der Waals surface area contributed by atoms with Gasteiger partial charge in [0, 0.05) is 18.5 Å². The van der Waals surface area contributed by atoms with E-state index in [2.05, 4.69) is 10.6 Å². The molecule has 9 heteroatoms. The lowest BCUT2D eigenvalue weighted by molar-refractivity contribution is -0.176. The van der Waals surface area contributed by atoms with Crippen LogP contribution in [0, 0.1) is 0 Å². The van der Waals surface area contributed by atoms with Crippen LogP contribution in [0.4, 0.5) is 0 Å². The highest BCUT2D eigenvalue weighted by molar-refractivity contribution is 5.99. The van der Waals surface area contributed by atoms with Crippen molar-refractivity contribution in [2.24, 2.45) is 0 Å². The molecule has 2 fully saturated rings. The van der Waals surface area contributed by atoms with Crippen LogP contribution in [-0.2, 0) is 19.2 Å². The molecule has 4 amide bonds. The summed E-state index contributed by atoms with van der Waals surface area (Å²) in [5, 5.41) is 7.91. The van der Waals surface area contributed by atoms with E-state index < -0.39 is 35.8 Å². The first-order valence-electron chi connectivity index (χ1n) is 10.7. The molecule has 2 aliphatic rings. The zero-order chi connectivity index (χ0) is 22.4. The van der Waals surface area contributed by atoms with Gasteiger partial charge >= 0.3 is 0 Å². The molecule has 0 spiro atoms. The zero-order valence-corrected chi connectivity index (χ0v) is 17.6. The summed E-state index contributed by atoms with van der Waals surface area (Å²) in [5.41, 5.74) is 0.407. The van der Waals surface area contributed by atoms with E-state index in [0.717, 1.165) is 6.42 Å². The number of benzene rings is 1. The molecule has 2 heterocycles. The Hall–Kier alpha value is -3.23. The van der Waals surface area contributed by atoms with Gasteiger partial charge in [-0.15, -0.1) is 0 Å². The monoisotopic (exact) mass is 428 g/mol. The van der Waals surface area contributed by atoms with Crippen LogP contribution in [0.25, 0.3) is 0 Å². The second-order valence-corrected chi connectivity index (χ2v) is 7.83. The number of rotatable bonds is 7. The largest absolute Gasteiger partial charge is 0.345 e. The highest BCUT2D eigenvalue weighted by Gasteiger charge is 2.44. The molecule has 0 aliphatic carbocycles. The molecule has 31 heavy (non-hydrogen) atoms. The van der Waals surface area contributed by atoms with Gasteiger partial charge in [-0.2, -0.15) is 0 Å². The summed E-state index contributed by atoms with van der Waals surface area (Å²) in [6.45, 7) is 2.24. The molecule has 1 aromatic carbocycles. The van der Waals surface area contributed by atoms with Crippen LogP contribution in [-0.4, -0.2) is 64.6 Å². The maximum absolute atomic E-state index is 13.4. The van der Waals surface area contributed by atoms with E-state index >= 15 is 0 Å². The lowest BCUT2D eigenvalue weighted by Gasteiger charge is -2.43. The Labute approximate surface area is 181 Å². The standard InChI is InChI=1S/C22H28N4O5/c1-2-7-16(14-27)23-21(30)18-10-6-13-25-19(28)12-11-17(22(31)26(18)25)24-20(29)15-8-4-3-5-9-15/h3-5,8-9,14,16-18H,2,6-7,10-13H2,1H3,(H,23,30)(H,24,29)/t16-,17-,18-/m0/s1. The molecule has 3 atom stereocenters. The molecule has 0 bridgehead atoms. The van der Waals surface area contributed by atoms with Crippen LogP contribution in [0.5, 0.6) is 0 Å². The van der Waals surface area contributed by atoms with Gasteiger partial charge in [0.05, 0.1) is 6.04 Å². The number of hydrogen-bond donors (Lipinski definition) is 2. The van der Waals surface area contributed by atoms with E-state index in [1.54, 1.807) is 30.3 Å². The van der Waals surface area contributed by atoms with Crippen LogP contribution < -0.4 is 10.6 Å². The number of carbonyl (C=O) groups is 5. The third-order valence-electron chi connectivity index (χ3n) is 5.60. The molecule has 2 N–H and O–H groups in total.